The van der Waals surface area contributed by atoms with Gasteiger partial charge >= 0.3 is 0 Å². The van der Waals surface area contributed by atoms with Crippen molar-refractivity contribution in [1.29, 1.82) is 0 Å². The number of hydrogen-bond acceptors (Lipinski definition) is 7. The standard InChI is InChI=1S/C15H21N3O4S2/c1-23-14-11(3-2-4-16-14)15(20)18-6-5-17(7-8-19)12-9-24(21,22)10-13(12)18/h2-4,12-13,19H,5-10H2,1H3/t12-,13+/m1/s1. The smallest absolute Gasteiger partial charge is 0.256 e. The summed E-state index contributed by atoms with van der Waals surface area (Å²) < 4.78 is 24.3. The Hall–Kier alpha value is -1.16. The Balaban J connectivity index is 1.90. The van der Waals surface area contributed by atoms with Crippen LogP contribution in [0.2, 0.25) is 0 Å². The first-order chi connectivity index (χ1) is 11.5. The van der Waals surface area contributed by atoms with Crippen LogP contribution in [0.15, 0.2) is 23.4 Å². The molecular weight excluding hydrogens is 350 g/mol. The van der Waals surface area contributed by atoms with E-state index in [1.54, 1.807) is 23.2 Å². The Kier molecular flexibility index (Phi) is 5.14. The van der Waals surface area contributed by atoms with Crippen molar-refractivity contribution in [3.63, 3.8) is 0 Å². The molecule has 1 amide bonds. The van der Waals surface area contributed by atoms with Crippen LogP contribution in [-0.4, -0.2) is 90.3 Å². The zero-order chi connectivity index (χ0) is 17.3. The van der Waals surface area contributed by atoms with E-state index >= 15 is 0 Å². The lowest BCUT2D eigenvalue weighted by Crippen LogP contribution is -2.61. The van der Waals surface area contributed by atoms with Gasteiger partial charge in [-0.05, 0) is 18.4 Å². The lowest BCUT2D eigenvalue weighted by Gasteiger charge is -2.43. The van der Waals surface area contributed by atoms with Gasteiger partial charge in [-0.15, -0.1) is 11.8 Å². The van der Waals surface area contributed by atoms with Gasteiger partial charge in [0.25, 0.3) is 5.91 Å². The molecule has 3 rings (SSSR count). The Morgan fingerprint density at radius 3 is 2.83 bits per heavy atom. The number of aromatic nitrogens is 1. The number of fused-ring (bicyclic) bond motifs is 1. The fraction of sp³-hybridized carbons (Fsp3) is 0.600. The molecule has 0 spiro atoms. The number of β-amino-alcohol motifs (C(OH)–C–C–N with tert-alkyl or cyclic N) is 1. The number of sulfone groups is 1. The van der Waals surface area contributed by atoms with Crippen LogP contribution in [-0.2, 0) is 9.84 Å². The van der Waals surface area contributed by atoms with E-state index < -0.39 is 9.84 Å². The number of hydrogen-bond donors (Lipinski definition) is 1. The number of pyridine rings is 1. The van der Waals surface area contributed by atoms with Crippen molar-refractivity contribution in [1.82, 2.24) is 14.8 Å². The summed E-state index contributed by atoms with van der Waals surface area (Å²) in [4.78, 5) is 20.9. The number of amides is 1. The maximum Gasteiger partial charge on any atom is 0.256 e. The van der Waals surface area contributed by atoms with Crippen molar-refractivity contribution in [2.75, 3.05) is 44.0 Å². The van der Waals surface area contributed by atoms with Gasteiger partial charge in [0.05, 0.1) is 29.7 Å². The second-order valence-electron chi connectivity index (χ2n) is 6.03. The van der Waals surface area contributed by atoms with E-state index in [1.165, 1.54) is 11.8 Å². The van der Waals surface area contributed by atoms with E-state index in [1.807, 2.05) is 11.2 Å². The van der Waals surface area contributed by atoms with Gasteiger partial charge in [-0.2, -0.15) is 0 Å². The molecule has 7 nitrogen and oxygen atoms in total. The molecule has 0 aromatic carbocycles. The van der Waals surface area contributed by atoms with Gasteiger partial charge in [-0.1, -0.05) is 0 Å². The van der Waals surface area contributed by atoms with Crippen LogP contribution in [0.25, 0.3) is 0 Å². The maximum absolute atomic E-state index is 13.0. The van der Waals surface area contributed by atoms with Crippen molar-refractivity contribution in [2.45, 2.75) is 17.1 Å². The molecule has 2 fully saturated rings. The van der Waals surface area contributed by atoms with Gasteiger partial charge in [0.1, 0.15) is 5.03 Å². The number of aliphatic hydroxyl groups is 1. The van der Waals surface area contributed by atoms with Gasteiger partial charge in [0, 0.05) is 31.9 Å². The number of carbonyl (C=O) groups excluding carboxylic acids is 1. The second-order valence-corrected chi connectivity index (χ2v) is 8.98. The highest BCUT2D eigenvalue weighted by Crippen LogP contribution is 2.29. The van der Waals surface area contributed by atoms with Crippen LogP contribution < -0.4 is 0 Å². The summed E-state index contributed by atoms with van der Waals surface area (Å²) in [5.41, 5.74) is 0.517. The molecule has 2 aliphatic heterocycles. The molecule has 2 atom stereocenters. The summed E-state index contributed by atoms with van der Waals surface area (Å²) in [6.45, 7) is 1.44. The van der Waals surface area contributed by atoms with Gasteiger partial charge in [0.2, 0.25) is 0 Å². The molecule has 3 heterocycles. The highest BCUT2D eigenvalue weighted by Gasteiger charge is 2.48. The lowest BCUT2D eigenvalue weighted by molar-refractivity contribution is 0.0278. The molecule has 1 aromatic heterocycles. The van der Waals surface area contributed by atoms with Crippen LogP contribution in [0.4, 0.5) is 0 Å². The predicted molar refractivity (Wildman–Crippen MR) is 91.9 cm³/mol. The van der Waals surface area contributed by atoms with Gasteiger partial charge in [-0.25, -0.2) is 13.4 Å². The van der Waals surface area contributed by atoms with Crippen LogP contribution in [0.5, 0.6) is 0 Å². The van der Waals surface area contributed by atoms with Gasteiger partial charge in [-0.3, -0.25) is 9.69 Å². The predicted octanol–water partition coefficient (Wildman–Crippen LogP) is -0.281. The molecule has 2 saturated heterocycles. The SMILES string of the molecule is CSc1ncccc1C(=O)N1CCN(CCO)[C@@H]2CS(=O)(=O)C[C@@H]21. The van der Waals surface area contributed by atoms with Crippen molar-refractivity contribution >= 4 is 27.5 Å². The van der Waals surface area contributed by atoms with E-state index in [0.29, 0.717) is 30.2 Å². The van der Waals surface area contributed by atoms with Crippen LogP contribution in [0, 0.1) is 0 Å². The van der Waals surface area contributed by atoms with Crippen molar-refractivity contribution in [2.24, 2.45) is 0 Å². The Morgan fingerprint density at radius 1 is 1.38 bits per heavy atom. The molecule has 0 bridgehead atoms. The number of nitrogens with zero attached hydrogens (tertiary/aromatic N) is 3. The third-order valence-corrected chi connectivity index (χ3v) is 7.04. The van der Waals surface area contributed by atoms with E-state index in [2.05, 4.69) is 4.98 Å². The molecule has 0 aliphatic carbocycles. The average Bonchev–Trinajstić information content (AvgIpc) is 2.90. The first kappa shape index (κ1) is 17.7. The number of piperazine rings is 1. The van der Waals surface area contributed by atoms with Crippen LogP contribution in [0.3, 0.4) is 0 Å². The van der Waals surface area contributed by atoms with Crippen LogP contribution in [0.1, 0.15) is 10.4 Å². The number of carbonyl (C=O) groups is 1. The molecule has 132 valence electrons. The zero-order valence-electron chi connectivity index (χ0n) is 13.5. The largest absolute Gasteiger partial charge is 0.395 e. The monoisotopic (exact) mass is 371 g/mol. The Morgan fingerprint density at radius 2 is 2.12 bits per heavy atom. The molecule has 0 radical (unpaired) electrons. The second kappa shape index (κ2) is 6.99. The summed E-state index contributed by atoms with van der Waals surface area (Å²) in [6.07, 6.45) is 3.51. The van der Waals surface area contributed by atoms with Crippen molar-refractivity contribution in [3.05, 3.63) is 23.9 Å². The highest BCUT2D eigenvalue weighted by molar-refractivity contribution is 7.98. The molecule has 0 unspecified atom stereocenters. The third kappa shape index (κ3) is 3.30. The van der Waals surface area contributed by atoms with E-state index in [-0.39, 0.29) is 36.1 Å². The third-order valence-electron chi connectivity index (χ3n) is 4.63. The molecule has 24 heavy (non-hydrogen) atoms. The highest BCUT2D eigenvalue weighted by atomic mass is 32.2. The molecule has 9 heteroatoms. The first-order valence-corrected chi connectivity index (χ1v) is 10.9. The molecule has 2 aliphatic rings. The topological polar surface area (TPSA) is 90.8 Å². The minimum absolute atomic E-state index is 0.0137. The minimum atomic E-state index is -3.18. The molecular formula is C15H21N3O4S2. The number of aliphatic hydroxyl groups excluding tert-OH is 1. The van der Waals surface area contributed by atoms with Gasteiger partial charge < -0.3 is 10.0 Å². The zero-order valence-corrected chi connectivity index (χ0v) is 15.1. The fourth-order valence-corrected chi connectivity index (χ4v) is 6.11. The maximum atomic E-state index is 13.0. The fourth-order valence-electron chi connectivity index (χ4n) is 3.55. The Labute approximate surface area is 146 Å². The first-order valence-electron chi connectivity index (χ1n) is 7.82. The van der Waals surface area contributed by atoms with E-state index in [0.717, 1.165) is 0 Å². The summed E-state index contributed by atoms with van der Waals surface area (Å²) in [6, 6.07) is 2.85. The summed E-state index contributed by atoms with van der Waals surface area (Å²) in [5.74, 6) is -0.132. The average molecular weight is 371 g/mol. The molecule has 1 N–H and O–H groups in total. The quantitative estimate of drug-likeness (QED) is 0.728. The lowest BCUT2D eigenvalue weighted by atomic mass is 10.0. The summed E-state index contributed by atoms with van der Waals surface area (Å²) in [7, 11) is -3.18. The normalized spacial score (nSPS) is 26.3. The molecule has 1 aromatic rings. The number of thioether (sulfide) groups is 1. The summed E-state index contributed by atoms with van der Waals surface area (Å²) >= 11 is 1.40. The van der Waals surface area contributed by atoms with Crippen molar-refractivity contribution < 1.29 is 18.3 Å². The van der Waals surface area contributed by atoms with E-state index in [9.17, 15) is 18.3 Å². The number of rotatable bonds is 4. The Bertz CT molecular complexity index is 725. The van der Waals surface area contributed by atoms with Gasteiger partial charge in [0.15, 0.2) is 9.84 Å². The summed E-state index contributed by atoms with van der Waals surface area (Å²) in [5, 5.41) is 9.86. The van der Waals surface area contributed by atoms with E-state index in [4.69, 9.17) is 0 Å². The van der Waals surface area contributed by atoms with Crippen molar-refractivity contribution in [3.8, 4) is 0 Å². The molecule has 0 saturated carbocycles. The van der Waals surface area contributed by atoms with Crippen LogP contribution >= 0.6 is 11.8 Å². The minimum Gasteiger partial charge on any atom is -0.395 e.